The molecule has 8 aromatic carbocycles. The van der Waals surface area contributed by atoms with Crippen molar-refractivity contribution in [1.82, 2.24) is 9.55 Å². The molecule has 0 aliphatic heterocycles. The van der Waals surface area contributed by atoms with E-state index in [1.807, 2.05) is 24.3 Å². The van der Waals surface area contributed by atoms with Crippen molar-refractivity contribution in [2.75, 3.05) is 0 Å². The molecule has 0 bridgehead atoms. The lowest BCUT2D eigenvalue weighted by Crippen LogP contribution is -2.23. The van der Waals surface area contributed by atoms with Gasteiger partial charge in [-0.3, -0.25) is 4.57 Å². The van der Waals surface area contributed by atoms with E-state index >= 15 is 0 Å². The van der Waals surface area contributed by atoms with Gasteiger partial charge in [0.25, 0.3) is 0 Å². The van der Waals surface area contributed by atoms with Gasteiger partial charge in [0.1, 0.15) is 28.1 Å². The predicted octanol–water partition coefficient (Wildman–Crippen LogP) is 14.8. The summed E-state index contributed by atoms with van der Waals surface area (Å²) in [5.41, 5.74) is 16.5. The molecule has 0 unspecified atom stereocenters. The van der Waals surface area contributed by atoms with Crippen molar-refractivity contribution in [3.8, 4) is 39.2 Å². The average molecular weight is 743 g/mol. The van der Waals surface area contributed by atoms with Gasteiger partial charge in [0.05, 0.1) is 16.6 Å². The second kappa shape index (κ2) is 11.3. The maximum Gasteiger partial charge on any atom is 0.138 e. The van der Waals surface area contributed by atoms with Crippen LogP contribution < -0.4 is 0 Å². The molecule has 1 aliphatic carbocycles. The van der Waals surface area contributed by atoms with E-state index in [9.17, 15) is 0 Å². The molecule has 0 spiro atoms. The standard InChI is InChI=1S/C54H34N2O2/c1-54(2)43-13-6-3-10-35(43)42-30-52(55-45-15-9-14-44(54)53(42)45)56-46-22-18-31(33-20-24-50-40(28-33)36-11-4-7-16-48(36)57-50)26-38(46)39-27-32(19-23-47(39)56)34-21-25-51-41(29-34)37-12-5-8-17-49(37)58-51/h3-30H,1-2H3. The Morgan fingerprint density at radius 3 is 1.53 bits per heavy atom. The minimum atomic E-state index is -0.135. The number of hydrogen-bond donors (Lipinski definition) is 0. The van der Waals surface area contributed by atoms with Crippen molar-refractivity contribution in [2.24, 2.45) is 0 Å². The number of aromatic nitrogens is 2. The first kappa shape index (κ1) is 31.7. The highest BCUT2D eigenvalue weighted by Crippen LogP contribution is 2.49. The number of rotatable bonds is 3. The van der Waals surface area contributed by atoms with Crippen LogP contribution in [0, 0.1) is 0 Å². The quantitative estimate of drug-likeness (QED) is 0.181. The molecule has 4 heterocycles. The Kier molecular flexibility index (Phi) is 6.20. The third kappa shape index (κ3) is 4.32. The minimum absolute atomic E-state index is 0.135. The van der Waals surface area contributed by atoms with Crippen molar-refractivity contribution in [1.29, 1.82) is 0 Å². The molecule has 0 N–H and O–H groups in total. The van der Waals surface area contributed by atoms with Crippen LogP contribution in [0.15, 0.2) is 179 Å². The Morgan fingerprint density at radius 1 is 0.414 bits per heavy atom. The maximum absolute atomic E-state index is 6.20. The summed E-state index contributed by atoms with van der Waals surface area (Å²) in [6.45, 7) is 4.67. The van der Waals surface area contributed by atoms with E-state index in [1.165, 1.54) is 38.4 Å². The summed E-state index contributed by atoms with van der Waals surface area (Å²) in [5, 5.41) is 8.09. The molecular weight excluding hydrogens is 709 g/mol. The fourth-order valence-corrected chi connectivity index (χ4v) is 9.97. The lowest BCUT2D eigenvalue weighted by molar-refractivity contribution is 0.645. The van der Waals surface area contributed by atoms with Gasteiger partial charge in [-0.15, -0.1) is 0 Å². The summed E-state index contributed by atoms with van der Waals surface area (Å²) in [4.78, 5) is 5.48. The molecule has 0 saturated heterocycles. The van der Waals surface area contributed by atoms with Gasteiger partial charge in [-0.25, -0.2) is 4.98 Å². The van der Waals surface area contributed by atoms with Gasteiger partial charge >= 0.3 is 0 Å². The largest absolute Gasteiger partial charge is 0.456 e. The average Bonchev–Trinajstić information content (AvgIpc) is 3.94. The van der Waals surface area contributed by atoms with Crippen molar-refractivity contribution >= 4 is 76.6 Å². The van der Waals surface area contributed by atoms with Crippen LogP contribution in [-0.4, -0.2) is 9.55 Å². The molecule has 0 fully saturated rings. The molecular formula is C54H34N2O2. The van der Waals surface area contributed by atoms with Crippen LogP contribution in [0.3, 0.4) is 0 Å². The van der Waals surface area contributed by atoms with E-state index in [1.54, 1.807) is 0 Å². The molecule has 12 aromatic rings. The summed E-state index contributed by atoms with van der Waals surface area (Å²) >= 11 is 0. The first-order valence-electron chi connectivity index (χ1n) is 19.9. The lowest BCUT2D eigenvalue weighted by Gasteiger charge is -2.35. The fraction of sp³-hybridized carbons (Fsp3) is 0.0556. The zero-order valence-electron chi connectivity index (χ0n) is 31.9. The monoisotopic (exact) mass is 742 g/mol. The van der Waals surface area contributed by atoms with Crippen LogP contribution in [0.5, 0.6) is 0 Å². The first-order valence-corrected chi connectivity index (χ1v) is 19.9. The molecule has 0 saturated carbocycles. The van der Waals surface area contributed by atoms with E-state index < -0.39 is 0 Å². The lowest BCUT2D eigenvalue weighted by atomic mass is 9.69. The molecule has 0 atom stereocenters. The summed E-state index contributed by atoms with van der Waals surface area (Å²) in [7, 11) is 0. The number of fused-ring (bicyclic) bond motifs is 11. The van der Waals surface area contributed by atoms with E-state index in [0.29, 0.717) is 0 Å². The maximum atomic E-state index is 6.20. The highest BCUT2D eigenvalue weighted by atomic mass is 16.3. The third-order valence-corrected chi connectivity index (χ3v) is 12.8. The molecule has 0 amide bonds. The van der Waals surface area contributed by atoms with Gasteiger partial charge in [0, 0.05) is 43.1 Å². The summed E-state index contributed by atoms with van der Waals surface area (Å²) in [6.07, 6.45) is 0. The number of benzene rings is 8. The van der Waals surface area contributed by atoms with Crippen LogP contribution in [0.25, 0.3) is 116 Å². The second-order valence-corrected chi connectivity index (χ2v) is 16.3. The number of furan rings is 2. The molecule has 1 aliphatic rings. The normalized spacial score (nSPS) is 13.5. The molecule has 13 rings (SSSR count). The number of hydrogen-bond acceptors (Lipinski definition) is 3. The smallest absolute Gasteiger partial charge is 0.138 e. The first-order chi connectivity index (χ1) is 28.5. The van der Waals surface area contributed by atoms with E-state index in [2.05, 4.69) is 164 Å². The van der Waals surface area contributed by atoms with Gasteiger partial charge in [0.15, 0.2) is 0 Å². The highest BCUT2D eigenvalue weighted by Gasteiger charge is 2.34. The van der Waals surface area contributed by atoms with Crippen LogP contribution in [0.1, 0.15) is 25.0 Å². The SMILES string of the molecule is CC1(C)c2ccccc2-c2cc(-n3c4ccc(-c5ccc6oc7ccccc7c6c5)cc4c4cc(-c5ccc6oc7ccccc7c6c5)ccc43)nc3cccc1c23. The molecule has 58 heavy (non-hydrogen) atoms. The number of pyridine rings is 1. The zero-order valence-corrected chi connectivity index (χ0v) is 31.9. The fourth-order valence-electron chi connectivity index (χ4n) is 9.97. The minimum Gasteiger partial charge on any atom is -0.456 e. The van der Waals surface area contributed by atoms with Crippen molar-refractivity contribution < 1.29 is 8.83 Å². The molecule has 4 aromatic heterocycles. The van der Waals surface area contributed by atoms with Gasteiger partial charge in [0.2, 0.25) is 0 Å². The summed E-state index contributed by atoms with van der Waals surface area (Å²) < 4.78 is 14.8. The third-order valence-electron chi connectivity index (χ3n) is 12.8. The number of nitrogens with zero attached hydrogens (tertiary/aromatic N) is 2. The number of para-hydroxylation sites is 2. The topological polar surface area (TPSA) is 44.1 Å². The molecule has 4 nitrogen and oxygen atoms in total. The molecule has 272 valence electrons. The zero-order chi connectivity index (χ0) is 38.3. The Labute approximate surface area is 333 Å². The van der Waals surface area contributed by atoms with Gasteiger partial charge < -0.3 is 8.83 Å². The second-order valence-electron chi connectivity index (χ2n) is 16.3. The Morgan fingerprint density at radius 2 is 0.914 bits per heavy atom. The van der Waals surface area contributed by atoms with E-state index in [-0.39, 0.29) is 5.41 Å². The Balaban J connectivity index is 1.07. The van der Waals surface area contributed by atoms with Crippen molar-refractivity contribution in [3.05, 3.63) is 181 Å². The van der Waals surface area contributed by atoms with Crippen LogP contribution in [0.4, 0.5) is 0 Å². The molecule has 0 radical (unpaired) electrons. The van der Waals surface area contributed by atoms with Crippen molar-refractivity contribution in [3.63, 3.8) is 0 Å². The summed E-state index contributed by atoms with van der Waals surface area (Å²) in [5.74, 6) is 0.909. The predicted molar refractivity (Wildman–Crippen MR) is 239 cm³/mol. The highest BCUT2D eigenvalue weighted by molar-refractivity contribution is 6.13. The van der Waals surface area contributed by atoms with E-state index in [0.717, 1.165) is 88.5 Å². The van der Waals surface area contributed by atoms with Crippen LogP contribution >= 0.6 is 0 Å². The van der Waals surface area contributed by atoms with Gasteiger partial charge in [-0.1, -0.05) is 111 Å². The Hall–Kier alpha value is -7.43. The van der Waals surface area contributed by atoms with Crippen molar-refractivity contribution in [2.45, 2.75) is 19.3 Å². The van der Waals surface area contributed by atoms with Gasteiger partial charge in [-0.05, 0) is 117 Å². The van der Waals surface area contributed by atoms with E-state index in [4.69, 9.17) is 13.8 Å². The van der Waals surface area contributed by atoms with Crippen LogP contribution in [0.2, 0.25) is 0 Å². The van der Waals surface area contributed by atoms with Crippen LogP contribution in [-0.2, 0) is 5.41 Å². The molecule has 4 heteroatoms. The Bertz CT molecular complexity index is 3550. The summed E-state index contributed by atoms with van der Waals surface area (Å²) in [6, 6.07) is 61.2. The van der Waals surface area contributed by atoms with Gasteiger partial charge in [-0.2, -0.15) is 0 Å².